The monoisotopic (exact) mass is 476 g/mol. The Morgan fingerprint density at radius 3 is 2.41 bits per heavy atom. The third-order valence-corrected chi connectivity index (χ3v) is 5.63. The molecule has 0 spiro atoms. The Labute approximate surface area is 200 Å². The molecule has 1 amide bonds. The fourth-order valence-corrected chi connectivity index (χ4v) is 3.84. The lowest BCUT2D eigenvalue weighted by Gasteiger charge is -2.15. The van der Waals surface area contributed by atoms with E-state index in [-0.39, 0.29) is 5.56 Å². The summed E-state index contributed by atoms with van der Waals surface area (Å²) < 4.78 is 11.0. The first-order valence-electron chi connectivity index (χ1n) is 10.5. The number of nitrogens with one attached hydrogen (secondary N) is 1. The van der Waals surface area contributed by atoms with Gasteiger partial charge in [-0.05, 0) is 49.2 Å². The summed E-state index contributed by atoms with van der Waals surface area (Å²) in [5.41, 5.74) is 3.93. The molecule has 0 saturated heterocycles. The molecule has 2 N–H and O–H groups in total. The Morgan fingerprint density at radius 1 is 1.00 bits per heavy atom. The van der Waals surface area contributed by atoms with Gasteiger partial charge in [0.05, 0.1) is 5.56 Å². The highest BCUT2D eigenvalue weighted by Crippen LogP contribution is 2.34. The molecule has 4 rings (SSSR count). The van der Waals surface area contributed by atoms with E-state index in [2.05, 4.69) is 10.5 Å². The summed E-state index contributed by atoms with van der Waals surface area (Å²) >= 11 is 6.20. The fourth-order valence-electron chi connectivity index (χ4n) is 3.55. The summed E-state index contributed by atoms with van der Waals surface area (Å²) in [5.74, 6) is -0.643. The zero-order valence-electron chi connectivity index (χ0n) is 18.4. The second kappa shape index (κ2) is 9.80. The van der Waals surface area contributed by atoms with Crippen LogP contribution in [0, 0.1) is 6.92 Å². The number of carbonyl (C=O) groups excluding carboxylic acids is 1. The van der Waals surface area contributed by atoms with E-state index < -0.39 is 18.2 Å². The number of nitrogens with zero attached hydrogens (tertiary/aromatic N) is 1. The van der Waals surface area contributed by atoms with E-state index in [0.29, 0.717) is 33.3 Å². The predicted molar refractivity (Wildman–Crippen MR) is 129 cm³/mol. The minimum Gasteiger partial charge on any atom is -0.478 e. The Bertz CT molecular complexity index is 1360. The van der Waals surface area contributed by atoms with E-state index >= 15 is 0 Å². The number of carboxylic acid groups (broad SMARTS) is 1. The highest BCUT2D eigenvalue weighted by molar-refractivity contribution is 6.31. The minimum atomic E-state index is -1.00. The molecule has 34 heavy (non-hydrogen) atoms. The summed E-state index contributed by atoms with van der Waals surface area (Å²) in [6, 6.07) is 21.1. The van der Waals surface area contributed by atoms with Crippen molar-refractivity contribution in [2.45, 2.75) is 20.0 Å². The van der Waals surface area contributed by atoms with Crippen LogP contribution in [-0.4, -0.2) is 22.3 Å². The van der Waals surface area contributed by atoms with E-state index in [4.69, 9.17) is 20.9 Å². The molecule has 1 unspecified atom stereocenters. The molecular weight excluding hydrogens is 456 g/mol. The second-order valence-electron chi connectivity index (χ2n) is 7.63. The van der Waals surface area contributed by atoms with E-state index in [1.54, 1.807) is 44.2 Å². The van der Waals surface area contributed by atoms with Crippen molar-refractivity contribution in [1.82, 2.24) is 5.16 Å². The van der Waals surface area contributed by atoms with Crippen LogP contribution >= 0.6 is 11.6 Å². The lowest BCUT2D eigenvalue weighted by atomic mass is 10.00. The molecule has 1 atom stereocenters. The van der Waals surface area contributed by atoms with Crippen molar-refractivity contribution in [3.05, 3.63) is 94.6 Å². The normalized spacial score (nSPS) is 11.6. The van der Waals surface area contributed by atoms with Gasteiger partial charge in [0.1, 0.15) is 17.5 Å². The van der Waals surface area contributed by atoms with Gasteiger partial charge in [0.2, 0.25) is 0 Å². The number of halogens is 1. The lowest BCUT2D eigenvalue weighted by Crippen LogP contribution is -2.17. The molecule has 0 fully saturated rings. The number of hydrogen-bond donors (Lipinski definition) is 2. The average molecular weight is 477 g/mol. The maximum Gasteiger partial charge on any atom is 0.412 e. The van der Waals surface area contributed by atoms with Gasteiger partial charge in [-0.1, -0.05) is 65.3 Å². The van der Waals surface area contributed by atoms with Crippen LogP contribution in [0.3, 0.4) is 0 Å². The highest BCUT2D eigenvalue weighted by Gasteiger charge is 2.21. The van der Waals surface area contributed by atoms with Crippen molar-refractivity contribution in [2.75, 3.05) is 5.32 Å². The largest absolute Gasteiger partial charge is 0.478 e. The molecule has 8 heteroatoms. The highest BCUT2D eigenvalue weighted by atomic mass is 35.5. The number of carboxylic acids is 1. The SMILES string of the molecule is Cc1noc(-c2cccc(-c3cccc(C(=O)O)c3)c2)c1NC(=O)OC(C)c1ccccc1Cl. The van der Waals surface area contributed by atoms with Crippen LogP contribution in [0.1, 0.15) is 34.6 Å². The molecule has 0 radical (unpaired) electrons. The standard InChI is InChI=1S/C26H21ClN2O5/c1-15-23(28-26(32)33-16(2)21-11-3-4-12-22(21)27)24(34-29-15)19-9-5-7-17(13-19)18-8-6-10-20(14-18)25(30)31/h3-14,16H,1-2H3,(H,28,32)(H,30,31). The van der Waals surface area contributed by atoms with Gasteiger partial charge in [0.25, 0.3) is 0 Å². The molecule has 172 valence electrons. The number of rotatable bonds is 6. The molecule has 3 aromatic carbocycles. The molecular formula is C26H21ClN2O5. The van der Waals surface area contributed by atoms with E-state index in [1.807, 2.05) is 36.4 Å². The van der Waals surface area contributed by atoms with Gasteiger partial charge in [-0.3, -0.25) is 5.32 Å². The van der Waals surface area contributed by atoms with E-state index in [0.717, 1.165) is 11.1 Å². The Hall–Kier alpha value is -4.10. The lowest BCUT2D eigenvalue weighted by molar-refractivity contribution is 0.0696. The van der Waals surface area contributed by atoms with Crippen molar-refractivity contribution >= 4 is 29.4 Å². The summed E-state index contributed by atoms with van der Waals surface area (Å²) in [6.45, 7) is 3.44. The topological polar surface area (TPSA) is 102 Å². The molecule has 0 bridgehead atoms. The number of ether oxygens (including phenoxy) is 1. The number of benzene rings is 3. The molecule has 1 aromatic heterocycles. The van der Waals surface area contributed by atoms with Gasteiger partial charge in [0, 0.05) is 16.1 Å². The fraction of sp³-hybridized carbons (Fsp3) is 0.115. The summed E-state index contributed by atoms with van der Waals surface area (Å²) in [5, 5.41) is 16.5. The van der Waals surface area contributed by atoms with Gasteiger partial charge < -0.3 is 14.4 Å². The van der Waals surface area contributed by atoms with Crippen LogP contribution in [0.15, 0.2) is 77.3 Å². The smallest absolute Gasteiger partial charge is 0.412 e. The molecule has 0 aliphatic rings. The van der Waals surface area contributed by atoms with Gasteiger partial charge in [-0.15, -0.1) is 0 Å². The van der Waals surface area contributed by atoms with Gasteiger partial charge in [-0.25, -0.2) is 9.59 Å². The zero-order chi connectivity index (χ0) is 24.2. The van der Waals surface area contributed by atoms with Gasteiger partial charge in [-0.2, -0.15) is 0 Å². The van der Waals surface area contributed by atoms with E-state index in [1.165, 1.54) is 6.07 Å². The number of carbonyl (C=O) groups is 2. The summed E-state index contributed by atoms with van der Waals surface area (Å²) in [4.78, 5) is 24.0. The van der Waals surface area contributed by atoms with Crippen molar-refractivity contribution < 1.29 is 24.0 Å². The third-order valence-electron chi connectivity index (χ3n) is 5.28. The molecule has 1 heterocycles. The van der Waals surface area contributed by atoms with Crippen molar-refractivity contribution in [3.8, 4) is 22.5 Å². The number of hydrogen-bond acceptors (Lipinski definition) is 5. The van der Waals surface area contributed by atoms with Crippen molar-refractivity contribution in [2.24, 2.45) is 0 Å². The van der Waals surface area contributed by atoms with Crippen LogP contribution in [0.5, 0.6) is 0 Å². The van der Waals surface area contributed by atoms with Crippen LogP contribution in [0.4, 0.5) is 10.5 Å². The summed E-state index contributed by atoms with van der Waals surface area (Å²) in [6.07, 6.45) is -1.24. The molecule has 7 nitrogen and oxygen atoms in total. The Morgan fingerprint density at radius 2 is 1.68 bits per heavy atom. The van der Waals surface area contributed by atoms with Crippen molar-refractivity contribution in [3.63, 3.8) is 0 Å². The number of aryl methyl sites for hydroxylation is 1. The predicted octanol–water partition coefficient (Wildman–Crippen LogP) is 6.98. The Balaban J connectivity index is 1.58. The minimum absolute atomic E-state index is 0.191. The van der Waals surface area contributed by atoms with Crippen LogP contribution in [-0.2, 0) is 4.74 Å². The second-order valence-corrected chi connectivity index (χ2v) is 8.04. The average Bonchev–Trinajstić information content (AvgIpc) is 3.19. The number of amides is 1. The van der Waals surface area contributed by atoms with Crippen molar-refractivity contribution in [1.29, 1.82) is 0 Å². The first-order chi connectivity index (χ1) is 16.3. The van der Waals surface area contributed by atoms with E-state index in [9.17, 15) is 14.7 Å². The molecule has 4 aromatic rings. The van der Waals surface area contributed by atoms with Gasteiger partial charge >= 0.3 is 12.1 Å². The number of anilines is 1. The van der Waals surface area contributed by atoms with Crippen LogP contribution in [0.25, 0.3) is 22.5 Å². The molecule has 0 saturated carbocycles. The quantitative estimate of drug-likeness (QED) is 0.311. The number of aromatic carboxylic acids is 1. The molecule has 0 aliphatic carbocycles. The van der Waals surface area contributed by atoms with Crippen LogP contribution in [0.2, 0.25) is 5.02 Å². The van der Waals surface area contributed by atoms with Gasteiger partial charge in [0.15, 0.2) is 5.76 Å². The Kier molecular flexibility index (Phi) is 6.65. The zero-order valence-corrected chi connectivity index (χ0v) is 19.2. The first kappa shape index (κ1) is 23.1. The third kappa shape index (κ3) is 4.94. The van der Waals surface area contributed by atoms with Crippen LogP contribution < -0.4 is 5.32 Å². The maximum absolute atomic E-state index is 12.6. The summed E-state index contributed by atoms with van der Waals surface area (Å²) in [7, 11) is 0. The first-order valence-corrected chi connectivity index (χ1v) is 10.8. The maximum atomic E-state index is 12.6. The number of aromatic nitrogens is 1. The molecule has 0 aliphatic heterocycles.